The molecule has 0 aliphatic rings. The second kappa shape index (κ2) is 9.75. The van der Waals surface area contributed by atoms with Crippen molar-refractivity contribution in [3.8, 4) is 22.9 Å². The summed E-state index contributed by atoms with van der Waals surface area (Å²) < 4.78 is 10.3. The molecule has 2 aromatic carbocycles. The van der Waals surface area contributed by atoms with Crippen molar-refractivity contribution >= 4 is 23.4 Å². The largest absolute Gasteiger partial charge is 0.507 e. The highest BCUT2D eigenvalue weighted by atomic mass is 35.5. The van der Waals surface area contributed by atoms with Crippen LogP contribution < -0.4 is 15.6 Å². The Morgan fingerprint density at radius 2 is 1.93 bits per heavy atom. The first kappa shape index (κ1) is 21.1. The van der Waals surface area contributed by atoms with Gasteiger partial charge in [0.15, 0.2) is 0 Å². The lowest BCUT2D eigenvalue weighted by Crippen LogP contribution is -2.41. The average Bonchev–Trinajstić information content (AvgIpc) is 3.22. The molecule has 0 unspecified atom stereocenters. The van der Waals surface area contributed by atoms with Gasteiger partial charge in [0.25, 0.3) is 5.91 Å². The molecule has 0 bridgehead atoms. The van der Waals surface area contributed by atoms with E-state index in [0.717, 1.165) is 11.3 Å². The fourth-order valence-electron chi connectivity index (χ4n) is 2.56. The van der Waals surface area contributed by atoms with Crippen LogP contribution >= 0.6 is 11.6 Å². The van der Waals surface area contributed by atoms with E-state index in [9.17, 15) is 14.7 Å². The van der Waals surface area contributed by atoms with Crippen molar-refractivity contribution in [3.05, 3.63) is 58.9 Å². The number of hydrazine groups is 1. The van der Waals surface area contributed by atoms with E-state index >= 15 is 0 Å². The van der Waals surface area contributed by atoms with Gasteiger partial charge in [-0.2, -0.15) is 4.98 Å². The zero-order chi connectivity index (χ0) is 21.5. The highest BCUT2D eigenvalue weighted by Crippen LogP contribution is 2.21. The number of ether oxygens (including phenoxy) is 1. The molecule has 1 heterocycles. The van der Waals surface area contributed by atoms with E-state index in [-0.39, 0.29) is 22.8 Å². The molecule has 3 aromatic rings. The predicted molar refractivity (Wildman–Crippen MR) is 108 cm³/mol. The Morgan fingerprint density at radius 1 is 1.17 bits per heavy atom. The normalized spacial score (nSPS) is 10.5. The quantitative estimate of drug-likeness (QED) is 0.492. The van der Waals surface area contributed by atoms with Crippen molar-refractivity contribution in [2.45, 2.75) is 19.3 Å². The number of nitrogens with zero attached hydrogens (tertiary/aromatic N) is 2. The second-order valence-electron chi connectivity index (χ2n) is 6.26. The van der Waals surface area contributed by atoms with Gasteiger partial charge in [0.1, 0.15) is 11.5 Å². The molecule has 30 heavy (non-hydrogen) atoms. The molecular formula is C20H19ClN4O5. The highest BCUT2D eigenvalue weighted by molar-refractivity contribution is 6.31. The zero-order valence-electron chi connectivity index (χ0n) is 16.0. The number of hydrogen-bond acceptors (Lipinski definition) is 7. The van der Waals surface area contributed by atoms with Gasteiger partial charge in [-0.05, 0) is 48.9 Å². The fraction of sp³-hybridized carbons (Fsp3) is 0.200. The smallest absolute Gasteiger partial charge is 0.273 e. The molecule has 0 saturated carbocycles. The van der Waals surface area contributed by atoms with E-state index in [1.165, 1.54) is 18.2 Å². The number of amides is 2. The number of rotatable bonds is 7. The van der Waals surface area contributed by atoms with Crippen LogP contribution in [0, 0.1) is 0 Å². The first-order chi connectivity index (χ1) is 14.5. The van der Waals surface area contributed by atoms with Gasteiger partial charge >= 0.3 is 0 Å². The lowest BCUT2D eigenvalue weighted by molar-refractivity contribution is -0.121. The van der Waals surface area contributed by atoms with Crippen LogP contribution in [0.5, 0.6) is 11.5 Å². The first-order valence-electron chi connectivity index (χ1n) is 9.01. The first-order valence-corrected chi connectivity index (χ1v) is 9.39. The molecule has 0 aliphatic heterocycles. The molecule has 2 amide bonds. The number of phenolic OH excluding ortho intramolecular Hbond substituents is 1. The van der Waals surface area contributed by atoms with Gasteiger partial charge in [0.05, 0.1) is 12.7 Å². The molecule has 156 valence electrons. The number of phenols is 1. The molecule has 10 heteroatoms. The van der Waals surface area contributed by atoms with Gasteiger partial charge in [-0.1, -0.05) is 16.8 Å². The standard InChI is InChI=1S/C20H19ClN4O5/c1-29-14-8-5-12(6-9-14)19-22-18(30-25-19)4-2-3-17(27)23-24-20(28)15-11-13(21)7-10-16(15)26/h5-11,26H,2-4H2,1H3,(H,23,27)(H,24,28). The summed E-state index contributed by atoms with van der Waals surface area (Å²) in [6, 6.07) is 11.3. The molecule has 0 aliphatic carbocycles. The monoisotopic (exact) mass is 430 g/mol. The summed E-state index contributed by atoms with van der Waals surface area (Å²) in [5, 5.41) is 13.9. The number of aryl methyl sites for hydroxylation is 1. The lowest BCUT2D eigenvalue weighted by Gasteiger charge is -2.08. The van der Waals surface area contributed by atoms with Crippen molar-refractivity contribution in [3.63, 3.8) is 0 Å². The molecule has 0 radical (unpaired) electrons. The Morgan fingerprint density at radius 3 is 2.67 bits per heavy atom. The third kappa shape index (κ3) is 5.48. The van der Waals surface area contributed by atoms with Crippen LogP contribution in [-0.4, -0.2) is 34.2 Å². The Labute approximate surface area is 177 Å². The average molecular weight is 431 g/mol. The van der Waals surface area contributed by atoms with Crippen LogP contribution in [-0.2, 0) is 11.2 Å². The number of benzene rings is 2. The maximum Gasteiger partial charge on any atom is 0.273 e. The van der Waals surface area contributed by atoms with Crippen LogP contribution in [0.3, 0.4) is 0 Å². The third-order valence-corrected chi connectivity index (χ3v) is 4.36. The number of halogens is 1. The van der Waals surface area contributed by atoms with Gasteiger partial charge < -0.3 is 14.4 Å². The number of carbonyl (C=O) groups excluding carboxylic acids is 2. The third-order valence-electron chi connectivity index (χ3n) is 4.13. The number of methoxy groups -OCH3 is 1. The van der Waals surface area contributed by atoms with Crippen LogP contribution in [0.2, 0.25) is 5.02 Å². The van der Waals surface area contributed by atoms with Crippen molar-refractivity contribution in [2.24, 2.45) is 0 Å². The number of hydrogen-bond donors (Lipinski definition) is 3. The highest BCUT2D eigenvalue weighted by Gasteiger charge is 2.13. The fourth-order valence-corrected chi connectivity index (χ4v) is 2.73. The van der Waals surface area contributed by atoms with Crippen molar-refractivity contribution in [1.29, 1.82) is 0 Å². The van der Waals surface area contributed by atoms with Crippen molar-refractivity contribution in [1.82, 2.24) is 21.0 Å². The van der Waals surface area contributed by atoms with E-state index in [1.807, 2.05) is 12.1 Å². The van der Waals surface area contributed by atoms with E-state index < -0.39 is 11.8 Å². The second-order valence-corrected chi connectivity index (χ2v) is 6.69. The van der Waals surface area contributed by atoms with E-state index in [1.54, 1.807) is 19.2 Å². The van der Waals surface area contributed by atoms with Gasteiger partial charge in [0.2, 0.25) is 17.6 Å². The minimum Gasteiger partial charge on any atom is -0.507 e. The molecule has 3 rings (SSSR count). The molecule has 0 atom stereocenters. The SMILES string of the molecule is COc1ccc(-c2noc(CCCC(=O)NNC(=O)c3cc(Cl)ccc3O)n2)cc1. The minimum absolute atomic E-state index is 0.0419. The minimum atomic E-state index is -0.676. The summed E-state index contributed by atoms with van der Waals surface area (Å²) in [5.41, 5.74) is 5.26. The maximum atomic E-state index is 12.0. The summed E-state index contributed by atoms with van der Waals surface area (Å²) in [4.78, 5) is 28.2. The Hall–Kier alpha value is -3.59. The van der Waals surface area contributed by atoms with E-state index in [4.69, 9.17) is 20.9 Å². The van der Waals surface area contributed by atoms with Crippen molar-refractivity contribution in [2.75, 3.05) is 7.11 Å². The molecule has 1 aromatic heterocycles. The molecule has 0 saturated heterocycles. The Balaban J connectivity index is 1.44. The van der Waals surface area contributed by atoms with Crippen LogP contribution in [0.1, 0.15) is 29.1 Å². The number of aromatic nitrogens is 2. The van der Waals surface area contributed by atoms with Gasteiger partial charge in [-0.3, -0.25) is 20.4 Å². The number of carbonyl (C=O) groups is 2. The lowest BCUT2D eigenvalue weighted by atomic mass is 10.2. The predicted octanol–water partition coefficient (Wildman–Crippen LogP) is 2.89. The maximum absolute atomic E-state index is 12.0. The molecule has 0 spiro atoms. The van der Waals surface area contributed by atoms with E-state index in [0.29, 0.717) is 24.6 Å². The molecule has 9 nitrogen and oxygen atoms in total. The van der Waals surface area contributed by atoms with Gasteiger partial charge in [-0.15, -0.1) is 0 Å². The zero-order valence-corrected chi connectivity index (χ0v) is 16.8. The number of aromatic hydroxyl groups is 1. The van der Waals surface area contributed by atoms with Crippen LogP contribution in [0.25, 0.3) is 11.4 Å². The molecule has 0 fully saturated rings. The summed E-state index contributed by atoms with van der Waals surface area (Å²) in [6.07, 6.45) is 0.968. The van der Waals surface area contributed by atoms with Gasteiger partial charge in [-0.25, -0.2) is 0 Å². The molecular weight excluding hydrogens is 412 g/mol. The summed E-state index contributed by atoms with van der Waals surface area (Å²) in [6.45, 7) is 0. The Kier molecular flexibility index (Phi) is 6.87. The summed E-state index contributed by atoms with van der Waals surface area (Å²) in [5.74, 6) is 0.262. The Bertz CT molecular complexity index is 1040. The van der Waals surface area contributed by atoms with Crippen LogP contribution in [0.15, 0.2) is 47.0 Å². The number of nitrogens with one attached hydrogen (secondary N) is 2. The van der Waals surface area contributed by atoms with Crippen LogP contribution in [0.4, 0.5) is 0 Å². The molecule has 3 N–H and O–H groups in total. The summed E-state index contributed by atoms with van der Waals surface area (Å²) >= 11 is 5.80. The summed E-state index contributed by atoms with van der Waals surface area (Å²) in [7, 11) is 1.59. The van der Waals surface area contributed by atoms with E-state index in [2.05, 4.69) is 21.0 Å². The van der Waals surface area contributed by atoms with Crippen molar-refractivity contribution < 1.29 is 24.0 Å². The van der Waals surface area contributed by atoms with Gasteiger partial charge in [0, 0.05) is 23.4 Å². The topological polar surface area (TPSA) is 127 Å².